The molecular weight excluding hydrogens is 360 g/mol. The summed E-state index contributed by atoms with van der Waals surface area (Å²) >= 11 is 0. The molecule has 5 heteroatoms. The molecule has 1 aliphatic heterocycles. The highest BCUT2D eigenvalue weighted by molar-refractivity contribution is 5.87. The second kappa shape index (κ2) is 8.83. The molecular formula is C22H33ClN2O2. The van der Waals surface area contributed by atoms with Crippen molar-refractivity contribution in [1.29, 1.82) is 0 Å². The van der Waals surface area contributed by atoms with Gasteiger partial charge in [0.25, 0.3) is 0 Å². The number of halogens is 1. The Hall–Kier alpha value is -1.26. The van der Waals surface area contributed by atoms with E-state index in [1.165, 1.54) is 80.5 Å². The van der Waals surface area contributed by atoms with Crippen molar-refractivity contribution >= 4 is 24.2 Å². The Morgan fingerprint density at radius 3 is 2.70 bits per heavy atom. The van der Waals surface area contributed by atoms with Crippen LogP contribution in [0.5, 0.6) is 0 Å². The number of benzene rings is 1. The Labute approximate surface area is 169 Å². The molecule has 2 atom stereocenters. The smallest absolute Gasteiger partial charge is 0.411 e. The van der Waals surface area contributed by atoms with Crippen LogP contribution < -0.4 is 4.90 Å². The first-order valence-corrected chi connectivity index (χ1v) is 10.5. The zero-order chi connectivity index (χ0) is 18.1. The third-order valence-electron chi connectivity index (χ3n) is 7.14. The van der Waals surface area contributed by atoms with Crippen molar-refractivity contribution in [2.24, 2.45) is 5.92 Å². The van der Waals surface area contributed by atoms with Gasteiger partial charge in [-0.2, -0.15) is 0 Å². The van der Waals surface area contributed by atoms with Gasteiger partial charge in [0.1, 0.15) is 0 Å². The monoisotopic (exact) mass is 392 g/mol. The van der Waals surface area contributed by atoms with Gasteiger partial charge in [0.05, 0.1) is 5.69 Å². The van der Waals surface area contributed by atoms with Crippen LogP contribution in [0.4, 0.5) is 10.5 Å². The van der Waals surface area contributed by atoms with Crippen LogP contribution in [0, 0.1) is 5.92 Å². The molecule has 0 bridgehead atoms. The van der Waals surface area contributed by atoms with Crippen LogP contribution >= 0.6 is 12.4 Å². The topological polar surface area (TPSA) is 43.8 Å². The largest absolute Gasteiger partial charge is 0.465 e. The average Bonchev–Trinajstić information content (AvgIpc) is 3.09. The van der Waals surface area contributed by atoms with E-state index < -0.39 is 6.09 Å². The van der Waals surface area contributed by atoms with Crippen molar-refractivity contribution in [1.82, 2.24) is 4.90 Å². The number of amides is 1. The quantitative estimate of drug-likeness (QED) is 0.756. The molecule has 1 N–H and O–H groups in total. The van der Waals surface area contributed by atoms with Crippen LogP contribution in [-0.4, -0.2) is 42.3 Å². The molecule has 3 aliphatic rings. The number of fused-ring (bicyclic) bond motifs is 3. The van der Waals surface area contributed by atoms with E-state index in [2.05, 4.69) is 11.0 Å². The Morgan fingerprint density at radius 2 is 1.96 bits per heavy atom. The fraction of sp³-hybridized carbons (Fsp3) is 0.682. The maximum absolute atomic E-state index is 11.4. The van der Waals surface area contributed by atoms with Gasteiger partial charge in [0.15, 0.2) is 0 Å². The first kappa shape index (κ1) is 20.5. The number of hydrogen-bond acceptors (Lipinski definition) is 2. The maximum atomic E-state index is 11.4. The fourth-order valence-electron chi connectivity index (χ4n) is 5.69. The predicted octanol–water partition coefficient (Wildman–Crippen LogP) is 5.30. The zero-order valence-electron chi connectivity index (χ0n) is 16.4. The van der Waals surface area contributed by atoms with Gasteiger partial charge in [-0.3, -0.25) is 9.80 Å². The zero-order valence-corrected chi connectivity index (χ0v) is 17.2. The second-order valence-electron chi connectivity index (χ2n) is 8.52. The highest BCUT2D eigenvalue weighted by atomic mass is 35.5. The van der Waals surface area contributed by atoms with Crippen molar-refractivity contribution in [2.75, 3.05) is 25.0 Å². The van der Waals surface area contributed by atoms with E-state index >= 15 is 0 Å². The summed E-state index contributed by atoms with van der Waals surface area (Å²) in [5.74, 6) is 1.54. The molecule has 27 heavy (non-hydrogen) atoms. The average molecular weight is 393 g/mol. The first-order valence-electron chi connectivity index (χ1n) is 10.5. The minimum Gasteiger partial charge on any atom is -0.465 e. The van der Waals surface area contributed by atoms with Crippen LogP contribution in [0.2, 0.25) is 0 Å². The van der Waals surface area contributed by atoms with Gasteiger partial charge < -0.3 is 5.11 Å². The third-order valence-corrected chi connectivity index (χ3v) is 7.14. The van der Waals surface area contributed by atoms with E-state index in [1.807, 2.05) is 12.1 Å². The molecule has 1 saturated heterocycles. The Balaban J connectivity index is 0.00000210. The molecule has 1 saturated carbocycles. The SMILES string of the molecule is CN(C(=O)O)c1cccc2c1CC[C@@H]1[C@H]2CCN1CCC1CCCCC1.Cl. The van der Waals surface area contributed by atoms with E-state index in [0.29, 0.717) is 12.0 Å². The van der Waals surface area contributed by atoms with Crippen LogP contribution in [0.1, 0.15) is 68.4 Å². The summed E-state index contributed by atoms with van der Waals surface area (Å²) in [6.07, 6.45) is 11.1. The van der Waals surface area contributed by atoms with Crippen LogP contribution in [0.15, 0.2) is 18.2 Å². The van der Waals surface area contributed by atoms with Crippen molar-refractivity contribution < 1.29 is 9.90 Å². The highest BCUT2D eigenvalue weighted by Gasteiger charge is 2.39. The van der Waals surface area contributed by atoms with Gasteiger partial charge in [-0.25, -0.2) is 4.79 Å². The van der Waals surface area contributed by atoms with Crippen molar-refractivity contribution in [3.63, 3.8) is 0 Å². The number of hydrogen-bond donors (Lipinski definition) is 1. The molecule has 1 heterocycles. The summed E-state index contributed by atoms with van der Waals surface area (Å²) in [4.78, 5) is 15.5. The van der Waals surface area contributed by atoms with Crippen LogP contribution in [0.3, 0.4) is 0 Å². The lowest BCUT2D eigenvalue weighted by atomic mass is 9.78. The minimum atomic E-state index is -0.874. The summed E-state index contributed by atoms with van der Waals surface area (Å²) < 4.78 is 0. The molecule has 0 unspecified atom stereocenters. The lowest BCUT2D eigenvalue weighted by Crippen LogP contribution is -2.37. The molecule has 1 aromatic carbocycles. The second-order valence-corrected chi connectivity index (χ2v) is 8.52. The molecule has 0 spiro atoms. The lowest BCUT2D eigenvalue weighted by molar-refractivity contribution is 0.199. The van der Waals surface area contributed by atoms with Gasteiger partial charge in [-0.1, -0.05) is 44.2 Å². The standard InChI is InChI=1S/C22H32N2O2.ClH/c1-23(22(25)26)20-9-5-8-17-18(20)10-11-21-19(17)13-15-24(21)14-12-16-6-3-2-4-7-16;/h5,8-9,16,19,21H,2-4,6-7,10-15H2,1H3,(H,25,26);1H/t19-,21+;/m0./s1. The number of carboxylic acid groups (broad SMARTS) is 1. The molecule has 4 nitrogen and oxygen atoms in total. The van der Waals surface area contributed by atoms with E-state index in [0.717, 1.165) is 18.0 Å². The number of likely N-dealkylation sites (tertiary alicyclic amines) is 1. The Kier molecular flexibility index (Phi) is 6.69. The summed E-state index contributed by atoms with van der Waals surface area (Å²) in [5.41, 5.74) is 3.56. The van der Waals surface area contributed by atoms with Gasteiger partial charge in [-0.15, -0.1) is 12.4 Å². The van der Waals surface area contributed by atoms with E-state index in [9.17, 15) is 9.90 Å². The Morgan fingerprint density at radius 1 is 1.19 bits per heavy atom. The highest BCUT2D eigenvalue weighted by Crippen LogP contribution is 2.44. The lowest BCUT2D eigenvalue weighted by Gasteiger charge is -2.35. The van der Waals surface area contributed by atoms with E-state index in [4.69, 9.17) is 0 Å². The Bertz CT molecular complexity index is 660. The summed E-state index contributed by atoms with van der Waals surface area (Å²) in [5, 5.41) is 9.38. The van der Waals surface area contributed by atoms with Gasteiger partial charge in [0, 0.05) is 19.0 Å². The number of nitrogens with zero attached hydrogens (tertiary/aromatic N) is 2. The molecule has 1 amide bonds. The molecule has 2 fully saturated rings. The normalized spacial score (nSPS) is 25.4. The number of carbonyl (C=O) groups is 1. The van der Waals surface area contributed by atoms with Crippen LogP contribution in [0.25, 0.3) is 0 Å². The first-order chi connectivity index (χ1) is 12.6. The van der Waals surface area contributed by atoms with Crippen molar-refractivity contribution in [3.8, 4) is 0 Å². The number of rotatable bonds is 4. The molecule has 4 rings (SSSR count). The molecule has 150 valence electrons. The van der Waals surface area contributed by atoms with E-state index in [-0.39, 0.29) is 12.4 Å². The summed E-state index contributed by atoms with van der Waals surface area (Å²) in [6, 6.07) is 6.91. The molecule has 1 aromatic rings. The van der Waals surface area contributed by atoms with Crippen molar-refractivity contribution in [3.05, 3.63) is 29.3 Å². The van der Waals surface area contributed by atoms with E-state index in [1.54, 1.807) is 7.05 Å². The molecule has 2 aliphatic carbocycles. The van der Waals surface area contributed by atoms with Gasteiger partial charge >= 0.3 is 6.09 Å². The predicted molar refractivity (Wildman–Crippen MR) is 112 cm³/mol. The van der Waals surface area contributed by atoms with Gasteiger partial charge in [-0.05, 0) is 61.9 Å². The van der Waals surface area contributed by atoms with Crippen molar-refractivity contribution in [2.45, 2.75) is 69.7 Å². The molecule has 0 aromatic heterocycles. The summed E-state index contributed by atoms with van der Waals surface area (Å²) in [7, 11) is 1.66. The summed E-state index contributed by atoms with van der Waals surface area (Å²) in [6.45, 7) is 2.47. The molecule has 0 radical (unpaired) electrons. The minimum absolute atomic E-state index is 0. The van der Waals surface area contributed by atoms with Gasteiger partial charge in [0.2, 0.25) is 0 Å². The fourth-order valence-corrected chi connectivity index (χ4v) is 5.69. The maximum Gasteiger partial charge on any atom is 0.411 e. The third kappa shape index (κ3) is 4.12. The number of anilines is 1. The van der Waals surface area contributed by atoms with Crippen LogP contribution in [-0.2, 0) is 6.42 Å².